The van der Waals surface area contributed by atoms with Gasteiger partial charge in [0.15, 0.2) is 0 Å². The van der Waals surface area contributed by atoms with Crippen molar-refractivity contribution in [1.82, 2.24) is 0 Å². The zero-order valence-electron chi connectivity index (χ0n) is 11.2. The standard InChI is InChI=1S/C13H19N.C2H6/c1-11-5-3-7-13(9-11)14-8-4-6-12(2)10-14;1-2/h3,5,7,9,12H,4,6,8,10H2,1-2H3;1-2H3. The van der Waals surface area contributed by atoms with Crippen molar-refractivity contribution in [3.8, 4) is 0 Å². The van der Waals surface area contributed by atoms with Crippen LogP contribution in [0.1, 0.15) is 39.2 Å². The van der Waals surface area contributed by atoms with Crippen molar-refractivity contribution in [2.45, 2.75) is 40.5 Å². The molecule has 1 saturated heterocycles. The summed E-state index contributed by atoms with van der Waals surface area (Å²) in [5.74, 6) is 0.851. The lowest BCUT2D eigenvalue weighted by Crippen LogP contribution is -2.34. The molecular weight excluding hydrogens is 194 g/mol. The molecule has 0 N–H and O–H groups in total. The number of anilines is 1. The van der Waals surface area contributed by atoms with Gasteiger partial charge in [0, 0.05) is 18.8 Å². The Bertz CT molecular complexity index is 306. The van der Waals surface area contributed by atoms with Gasteiger partial charge in [-0.1, -0.05) is 32.9 Å². The summed E-state index contributed by atoms with van der Waals surface area (Å²) in [7, 11) is 0. The van der Waals surface area contributed by atoms with Gasteiger partial charge in [-0.05, 0) is 43.4 Å². The summed E-state index contributed by atoms with van der Waals surface area (Å²) in [6.07, 6.45) is 2.73. The molecule has 1 fully saturated rings. The van der Waals surface area contributed by atoms with E-state index in [1.54, 1.807) is 0 Å². The van der Waals surface area contributed by atoms with Crippen LogP contribution in [0.2, 0.25) is 0 Å². The van der Waals surface area contributed by atoms with Crippen molar-refractivity contribution in [2.75, 3.05) is 18.0 Å². The van der Waals surface area contributed by atoms with Crippen LogP contribution in [0.3, 0.4) is 0 Å². The van der Waals surface area contributed by atoms with Crippen LogP contribution in [0.5, 0.6) is 0 Å². The van der Waals surface area contributed by atoms with E-state index in [1.807, 2.05) is 13.8 Å². The molecule has 0 spiro atoms. The highest BCUT2D eigenvalue weighted by Gasteiger charge is 2.16. The molecule has 1 aliphatic heterocycles. The number of benzene rings is 1. The first-order valence-electron chi connectivity index (χ1n) is 6.57. The smallest absolute Gasteiger partial charge is 0.0368 e. The molecule has 1 heteroatoms. The lowest BCUT2D eigenvalue weighted by molar-refractivity contribution is 0.447. The summed E-state index contributed by atoms with van der Waals surface area (Å²) >= 11 is 0. The molecule has 0 amide bonds. The Labute approximate surface area is 100 Å². The zero-order valence-corrected chi connectivity index (χ0v) is 11.2. The predicted octanol–water partition coefficient (Wildman–Crippen LogP) is 4.26. The third-order valence-electron chi connectivity index (χ3n) is 3.02. The number of hydrogen-bond donors (Lipinski definition) is 0. The molecule has 0 aliphatic carbocycles. The zero-order chi connectivity index (χ0) is 12.0. The number of nitrogens with zero attached hydrogens (tertiary/aromatic N) is 1. The van der Waals surface area contributed by atoms with Gasteiger partial charge in [0.05, 0.1) is 0 Å². The summed E-state index contributed by atoms with van der Waals surface area (Å²) in [6.45, 7) is 11.0. The van der Waals surface area contributed by atoms with Crippen LogP contribution in [0.4, 0.5) is 5.69 Å². The van der Waals surface area contributed by atoms with E-state index in [2.05, 4.69) is 43.0 Å². The topological polar surface area (TPSA) is 3.24 Å². The number of hydrogen-bond acceptors (Lipinski definition) is 1. The Morgan fingerprint density at radius 2 is 2.00 bits per heavy atom. The maximum atomic E-state index is 2.52. The molecule has 16 heavy (non-hydrogen) atoms. The molecule has 1 atom stereocenters. The van der Waals surface area contributed by atoms with E-state index in [4.69, 9.17) is 0 Å². The van der Waals surface area contributed by atoms with Gasteiger partial charge < -0.3 is 4.90 Å². The summed E-state index contributed by atoms with van der Waals surface area (Å²) in [6, 6.07) is 8.84. The maximum absolute atomic E-state index is 2.52. The van der Waals surface area contributed by atoms with Crippen LogP contribution in [-0.2, 0) is 0 Å². The molecule has 0 bridgehead atoms. The fourth-order valence-corrected chi connectivity index (χ4v) is 2.25. The molecule has 2 rings (SSSR count). The minimum absolute atomic E-state index is 0.851. The molecule has 0 radical (unpaired) electrons. The molecule has 1 aromatic carbocycles. The van der Waals surface area contributed by atoms with Gasteiger partial charge in [0.25, 0.3) is 0 Å². The summed E-state index contributed by atoms with van der Waals surface area (Å²) in [5, 5.41) is 0. The molecule has 1 aliphatic rings. The van der Waals surface area contributed by atoms with E-state index in [0.717, 1.165) is 5.92 Å². The van der Waals surface area contributed by atoms with Crippen LogP contribution in [0, 0.1) is 12.8 Å². The molecule has 90 valence electrons. The Morgan fingerprint density at radius 1 is 1.25 bits per heavy atom. The van der Waals surface area contributed by atoms with Crippen LogP contribution in [0.25, 0.3) is 0 Å². The van der Waals surface area contributed by atoms with Gasteiger partial charge in [-0.25, -0.2) is 0 Å². The van der Waals surface area contributed by atoms with Gasteiger partial charge in [0.2, 0.25) is 0 Å². The SMILES string of the molecule is CC.Cc1cccc(N2CCCC(C)C2)c1. The highest BCUT2D eigenvalue weighted by molar-refractivity contribution is 5.48. The highest BCUT2D eigenvalue weighted by Crippen LogP contribution is 2.23. The number of rotatable bonds is 1. The van der Waals surface area contributed by atoms with Crippen molar-refractivity contribution in [2.24, 2.45) is 5.92 Å². The van der Waals surface area contributed by atoms with Crippen molar-refractivity contribution in [3.63, 3.8) is 0 Å². The second kappa shape index (κ2) is 6.57. The Morgan fingerprint density at radius 3 is 2.62 bits per heavy atom. The van der Waals surface area contributed by atoms with Crippen LogP contribution < -0.4 is 4.90 Å². The van der Waals surface area contributed by atoms with Crippen molar-refractivity contribution in [1.29, 1.82) is 0 Å². The summed E-state index contributed by atoms with van der Waals surface area (Å²) < 4.78 is 0. The quantitative estimate of drug-likeness (QED) is 0.682. The Kier molecular flexibility index (Phi) is 5.37. The number of piperidine rings is 1. The van der Waals surface area contributed by atoms with Crippen LogP contribution in [-0.4, -0.2) is 13.1 Å². The van der Waals surface area contributed by atoms with Crippen LogP contribution in [0.15, 0.2) is 24.3 Å². The summed E-state index contributed by atoms with van der Waals surface area (Å²) in [4.78, 5) is 2.52. The monoisotopic (exact) mass is 219 g/mol. The van der Waals surface area contributed by atoms with Crippen molar-refractivity contribution in [3.05, 3.63) is 29.8 Å². The summed E-state index contributed by atoms with van der Waals surface area (Å²) in [5.41, 5.74) is 2.76. The predicted molar refractivity (Wildman–Crippen MR) is 73.1 cm³/mol. The van der Waals surface area contributed by atoms with E-state index in [-0.39, 0.29) is 0 Å². The minimum Gasteiger partial charge on any atom is -0.371 e. The van der Waals surface area contributed by atoms with E-state index in [9.17, 15) is 0 Å². The highest BCUT2D eigenvalue weighted by atomic mass is 15.1. The van der Waals surface area contributed by atoms with Gasteiger partial charge in [0.1, 0.15) is 0 Å². The second-order valence-corrected chi connectivity index (χ2v) is 4.53. The van der Waals surface area contributed by atoms with E-state index in [0.29, 0.717) is 0 Å². The van der Waals surface area contributed by atoms with Gasteiger partial charge in [-0.3, -0.25) is 0 Å². The lowest BCUT2D eigenvalue weighted by atomic mass is 9.99. The minimum atomic E-state index is 0.851. The Balaban J connectivity index is 0.000000606. The fourth-order valence-electron chi connectivity index (χ4n) is 2.25. The molecule has 1 aromatic rings. The first-order chi connectivity index (χ1) is 7.75. The molecule has 0 saturated carbocycles. The fraction of sp³-hybridized carbons (Fsp3) is 0.600. The second-order valence-electron chi connectivity index (χ2n) is 4.53. The normalized spacial score (nSPS) is 20.0. The molecule has 1 heterocycles. The molecule has 1 nitrogen and oxygen atoms in total. The third-order valence-corrected chi connectivity index (χ3v) is 3.02. The van der Waals surface area contributed by atoms with Gasteiger partial charge in [-0.15, -0.1) is 0 Å². The van der Waals surface area contributed by atoms with Crippen molar-refractivity contribution < 1.29 is 0 Å². The molecule has 1 unspecified atom stereocenters. The maximum Gasteiger partial charge on any atom is 0.0368 e. The van der Waals surface area contributed by atoms with Crippen LogP contribution >= 0.6 is 0 Å². The lowest BCUT2D eigenvalue weighted by Gasteiger charge is -2.32. The van der Waals surface area contributed by atoms with Gasteiger partial charge in [-0.2, -0.15) is 0 Å². The first kappa shape index (κ1) is 13.1. The van der Waals surface area contributed by atoms with Crippen molar-refractivity contribution >= 4 is 5.69 Å². The average Bonchev–Trinajstić information content (AvgIpc) is 2.32. The van der Waals surface area contributed by atoms with E-state index in [1.165, 1.54) is 37.2 Å². The third kappa shape index (κ3) is 3.55. The molecule has 0 aromatic heterocycles. The van der Waals surface area contributed by atoms with E-state index >= 15 is 0 Å². The van der Waals surface area contributed by atoms with Gasteiger partial charge >= 0.3 is 0 Å². The first-order valence-corrected chi connectivity index (χ1v) is 6.57. The molecular formula is C15H25N. The Hall–Kier alpha value is -0.980. The number of aryl methyl sites for hydroxylation is 1. The average molecular weight is 219 g/mol. The largest absolute Gasteiger partial charge is 0.371 e. The van der Waals surface area contributed by atoms with E-state index < -0.39 is 0 Å².